The maximum absolute atomic E-state index is 5.41. The number of rotatable bonds is 0. The van der Waals surface area contributed by atoms with Crippen LogP contribution in [0.15, 0.2) is 5.10 Å². The molecule has 0 saturated carbocycles. The van der Waals surface area contributed by atoms with Crippen molar-refractivity contribution < 1.29 is 0 Å². The summed E-state index contributed by atoms with van der Waals surface area (Å²) in [5, 5.41) is 3.49. The summed E-state index contributed by atoms with van der Waals surface area (Å²) in [5.41, 5.74) is 27.6. The molecule has 1 rings (SSSR count). The summed E-state index contributed by atoms with van der Waals surface area (Å²) in [6.45, 7) is 0. The molecule has 0 atom stereocenters. The summed E-state index contributed by atoms with van der Waals surface area (Å²) in [5.74, 6) is -1.46. The molecule has 0 radical (unpaired) electrons. The Morgan fingerprint density at radius 2 is 1.70 bits per heavy atom. The quantitative estimate of drug-likeness (QED) is 0.191. The van der Waals surface area contributed by atoms with Gasteiger partial charge >= 0.3 is 0 Å². The van der Waals surface area contributed by atoms with Gasteiger partial charge < -0.3 is 17.2 Å². The van der Waals surface area contributed by atoms with Gasteiger partial charge in [0.25, 0.3) is 0 Å². The molecule has 11 N–H and O–H groups in total. The van der Waals surface area contributed by atoms with Crippen LogP contribution in [0.4, 0.5) is 0 Å². The van der Waals surface area contributed by atoms with Crippen molar-refractivity contribution in [3.05, 3.63) is 0 Å². The minimum Gasteiger partial charge on any atom is -0.383 e. The van der Waals surface area contributed by atoms with Crippen molar-refractivity contribution >= 4 is 5.84 Å². The van der Waals surface area contributed by atoms with Gasteiger partial charge in [0.1, 0.15) is 0 Å². The molecule has 0 amide bonds. The van der Waals surface area contributed by atoms with Crippen LogP contribution >= 0.6 is 0 Å². The zero-order valence-electron chi connectivity index (χ0n) is 5.33. The van der Waals surface area contributed by atoms with E-state index in [0.29, 0.717) is 0 Å². The van der Waals surface area contributed by atoms with Gasteiger partial charge in [0.15, 0.2) is 17.3 Å². The Labute approximate surface area is 57.6 Å². The van der Waals surface area contributed by atoms with Gasteiger partial charge in [-0.15, -0.1) is 0 Å². The molecule has 10 heavy (non-hydrogen) atoms. The highest BCUT2D eigenvalue weighted by molar-refractivity contribution is 5.92. The summed E-state index contributed by atoms with van der Waals surface area (Å²) in [4.78, 5) is 0. The van der Waals surface area contributed by atoms with Gasteiger partial charge in [-0.25, -0.2) is 0 Å². The number of amidine groups is 1. The molecule has 1 aliphatic rings. The monoisotopic (exact) mass is 145 g/mol. The Morgan fingerprint density at radius 3 is 1.80 bits per heavy atom. The van der Waals surface area contributed by atoms with Crippen LogP contribution in [0.1, 0.15) is 0 Å². The smallest absolute Gasteiger partial charge is 0.193 e. The Bertz CT molecular complexity index is 179. The molecule has 0 aromatic heterocycles. The van der Waals surface area contributed by atoms with E-state index in [4.69, 9.17) is 28.7 Å². The van der Waals surface area contributed by atoms with Crippen molar-refractivity contribution in [2.24, 2.45) is 33.8 Å². The van der Waals surface area contributed by atoms with Crippen molar-refractivity contribution in [3.63, 3.8) is 0 Å². The standard InChI is InChI=1S/C3H11N7/c4-1-2(5,6)3(7,8)10-9-1/h10H,5-8H2,(H2,4,9). The maximum Gasteiger partial charge on any atom is 0.193 e. The van der Waals surface area contributed by atoms with Gasteiger partial charge in [-0.2, -0.15) is 5.10 Å². The van der Waals surface area contributed by atoms with Crippen LogP contribution < -0.4 is 34.1 Å². The average molecular weight is 145 g/mol. The number of hydrogen-bond acceptors (Lipinski definition) is 7. The fraction of sp³-hybridized carbons (Fsp3) is 0.667. The predicted molar refractivity (Wildman–Crippen MR) is 37.0 cm³/mol. The van der Waals surface area contributed by atoms with E-state index in [9.17, 15) is 0 Å². The normalized spacial score (nSPS) is 27.4. The number of nitrogens with zero attached hydrogens (tertiary/aromatic N) is 1. The lowest BCUT2D eigenvalue weighted by Gasteiger charge is -2.31. The van der Waals surface area contributed by atoms with Gasteiger partial charge in [-0.3, -0.25) is 16.9 Å². The Morgan fingerprint density at radius 1 is 1.20 bits per heavy atom. The minimum atomic E-state index is -1.48. The fourth-order valence-corrected chi connectivity index (χ4v) is 0.550. The van der Waals surface area contributed by atoms with Crippen molar-refractivity contribution in [3.8, 4) is 0 Å². The van der Waals surface area contributed by atoms with Crippen molar-refractivity contribution in [1.29, 1.82) is 0 Å². The van der Waals surface area contributed by atoms with E-state index in [2.05, 4.69) is 10.5 Å². The van der Waals surface area contributed by atoms with Crippen molar-refractivity contribution in [2.45, 2.75) is 11.4 Å². The summed E-state index contributed by atoms with van der Waals surface area (Å²) in [7, 11) is 0. The Kier molecular flexibility index (Phi) is 1.14. The molecule has 7 nitrogen and oxygen atoms in total. The first kappa shape index (κ1) is 7.22. The van der Waals surface area contributed by atoms with Crippen LogP contribution in [0.2, 0.25) is 0 Å². The van der Waals surface area contributed by atoms with Crippen LogP contribution in [-0.4, -0.2) is 17.3 Å². The van der Waals surface area contributed by atoms with Gasteiger partial charge in [-0.05, 0) is 0 Å². The highest BCUT2D eigenvalue weighted by atomic mass is 15.5. The number of nitrogens with one attached hydrogen (secondary N) is 1. The summed E-state index contributed by atoms with van der Waals surface area (Å²) < 4.78 is 0. The van der Waals surface area contributed by atoms with Gasteiger partial charge in [0.2, 0.25) is 0 Å². The van der Waals surface area contributed by atoms with Crippen LogP contribution in [0.25, 0.3) is 0 Å². The third kappa shape index (κ3) is 0.656. The van der Waals surface area contributed by atoms with E-state index in [1.165, 1.54) is 0 Å². The molecule has 0 saturated heterocycles. The van der Waals surface area contributed by atoms with Crippen molar-refractivity contribution in [1.82, 2.24) is 5.43 Å². The molecule has 0 spiro atoms. The molecule has 1 aliphatic heterocycles. The summed E-state index contributed by atoms with van der Waals surface area (Å²) in [6, 6.07) is 0. The number of nitrogens with two attached hydrogens (primary N) is 5. The molecule has 7 heteroatoms. The minimum absolute atomic E-state index is 0.00231. The molecule has 0 bridgehead atoms. The van der Waals surface area contributed by atoms with Crippen LogP contribution in [-0.2, 0) is 0 Å². The number of hydrazone groups is 1. The maximum atomic E-state index is 5.41. The highest BCUT2D eigenvalue weighted by Crippen LogP contribution is 2.07. The first-order valence-corrected chi connectivity index (χ1v) is 2.64. The second-order valence-electron chi connectivity index (χ2n) is 2.35. The average Bonchev–Trinajstić information content (AvgIpc) is 1.94. The second-order valence-corrected chi connectivity index (χ2v) is 2.35. The lowest BCUT2D eigenvalue weighted by atomic mass is 10.1. The van der Waals surface area contributed by atoms with Gasteiger partial charge in [-0.1, -0.05) is 0 Å². The number of hydrogen-bond donors (Lipinski definition) is 6. The van der Waals surface area contributed by atoms with Gasteiger partial charge in [0, 0.05) is 0 Å². The van der Waals surface area contributed by atoms with Crippen molar-refractivity contribution in [2.75, 3.05) is 0 Å². The molecule has 58 valence electrons. The summed E-state index contributed by atoms with van der Waals surface area (Å²) in [6.07, 6.45) is 0. The van der Waals surface area contributed by atoms with Crippen LogP contribution in [0.5, 0.6) is 0 Å². The molecule has 1 heterocycles. The summed E-state index contributed by atoms with van der Waals surface area (Å²) >= 11 is 0. The lowest BCUT2D eigenvalue weighted by molar-refractivity contribution is 0.275. The first-order chi connectivity index (χ1) is 4.38. The van der Waals surface area contributed by atoms with Crippen LogP contribution in [0, 0.1) is 0 Å². The molecular formula is C3H11N7. The van der Waals surface area contributed by atoms with Gasteiger partial charge in [0.05, 0.1) is 0 Å². The third-order valence-corrected chi connectivity index (χ3v) is 1.47. The zero-order valence-corrected chi connectivity index (χ0v) is 5.33. The largest absolute Gasteiger partial charge is 0.383 e. The third-order valence-electron chi connectivity index (χ3n) is 1.47. The fourth-order valence-electron chi connectivity index (χ4n) is 0.550. The topological polar surface area (TPSA) is 154 Å². The van der Waals surface area contributed by atoms with E-state index >= 15 is 0 Å². The van der Waals surface area contributed by atoms with E-state index in [0.717, 1.165) is 0 Å². The SMILES string of the molecule is NC1=NNC(N)(N)C1(N)N. The highest BCUT2D eigenvalue weighted by Gasteiger charge is 2.48. The molecule has 0 unspecified atom stereocenters. The molecule has 0 aliphatic carbocycles. The predicted octanol–water partition coefficient (Wildman–Crippen LogP) is -3.95. The molecule has 0 aromatic rings. The second kappa shape index (κ2) is 1.58. The van der Waals surface area contributed by atoms with E-state index in [-0.39, 0.29) is 5.84 Å². The van der Waals surface area contributed by atoms with E-state index < -0.39 is 11.4 Å². The van der Waals surface area contributed by atoms with E-state index in [1.807, 2.05) is 0 Å². The molecule has 0 aromatic carbocycles. The Hall–Kier alpha value is -0.890. The Balaban J connectivity index is 2.96. The molecule has 0 fully saturated rings. The lowest BCUT2D eigenvalue weighted by Crippen LogP contribution is -2.81. The first-order valence-electron chi connectivity index (χ1n) is 2.64. The van der Waals surface area contributed by atoms with Crippen LogP contribution in [0.3, 0.4) is 0 Å². The zero-order chi connectivity index (χ0) is 7.99. The van der Waals surface area contributed by atoms with E-state index in [1.54, 1.807) is 0 Å². The molecular weight excluding hydrogens is 134 g/mol.